The summed E-state index contributed by atoms with van der Waals surface area (Å²) in [5, 5.41) is 22.1. The zero-order valence-electron chi connectivity index (χ0n) is 17.5. The van der Waals surface area contributed by atoms with Crippen LogP contribution in [0.15, 0.2) is 78.4 Å². The number of aliphatic hydroxyl groups is 1. The van der Waals surface area contributed by atoms with Crippen molar-refractivity contribution in [2.24, 2.45) is 0 Å². The molecule has 7 nitrogen and oxygen atoms in total. The summed E-state index contributed by atoms with van der Waals surface area (Å²) in [6, 6.07) is 11.5. The van der Waals surface area contributed by atoms with E-state index in [1.165, 1.54) is 24.3 Å². The van der Waals surface area contributed by atoms with E-state index in [4.69, 9.17) is 0 Å². The summed E-state index contributed by atoms with van der Waals surface area (Å²) in [7, 11) is 0. The minimum Gasteiger partial charge on any atom is -0.507 e. The van der Waals surface area contributed by atoms with Crippen molar-refractivity contribution >= 4 is 28.8 Å². The van der Waals surface area contributed by atoms with E-state index < -0.39 is 51.5 Å². The summed E-state index contributed by atoms with van der Waals surface area (Å²) in [6.45, 7) is 0. The molecule has 1 N–H and O–H groups in total. The molecule has 35 heavy (non-hydrogen) atoms. The molecule has 0 spiro atoms. The molecule has 1 atom stereocenters. The number of anilines is 1. The number of rotatable bonds is 4. The lowest BCUT2D eigenvalue weighted by molar-refractivity contribution is -0.384. The first-order valence-corrected chi connectivity index (χ1v) is 9.97. The molecule has 1 fully saturated rings. The fourth-order valence-corrected chi connectivity index (χ4v) is 3.79. The minimum atomic E-state index is -4.63. The average Bonchev–Trinajstić information content (AvgIpc) is 3.09. The number of nitro benzene ring substituents is 1. The number of benzene rings is 3. The smallest absolute Gasteiger partial charge is 0.416 e. The molecule has 0 aliphatic carbocycles. The Morgan fingerprint density at radius 2 is 1.60 bits per heavy atom. The van der Waals surface area contributed by atoms with Gasteiger partial charge >= 0.3 is 6.18 Å². The molecule has 1 aliphatic rings. The lowest BCUT2D eigenvalue weighted by atomic mass is 9.95. The third kappa shape index (κ3) is 4.35. The molecule has 3 aromatic carbocycles. The van der Waals surface area contributed by atoms with Crippen molar-refractivity contribution in [1.29, 1.82) is 0 Å². The predicted octanol–water partition coefficient (Wildman–Crippen LogP) is 5.38. The number of non-ortho nitro benzene ring substituents is 1. The molecule has 0 bridgehead atoms. The van der Waals surface area contributed by atoms with Gasteiger partial charge in [0.2, 0.25) is 0 Å². The van der Waals surface area contributed by atoms with Gasteiger partial charge in [-0.15, -0.1) is 0 Å². The van der Waals surface area contributed by atoms with Crippen molar-refractivity contribution in [3.05, 3.63) is 111 Å². The Kier molecular flexibility index (Phi) is 5.85. The molecule has 1 aliphatic heterocycles. The van der Waals surface area contributed by atoms with Crippen molar-refractivity contribution in [2.75, 3.05) is 4.90 Å². The van der Waals surface area contributed by atoms with E-state index in [9.17, 15) is 42.4 Å². The Morgan fingerprint density at radius 1 is 0.971 bits per heavy atom. The van der Waals surface area contributed by atoms with E-state index in [2.05, 4.69) is 0 Å². The second-order valence-electron chi connectivity index (χ2n) is 7.57. The highest BCUT2D eigenvalue weighted by Crippen LogP contribution is 2.43. The first-order chi connectivity index (χ1) is 16.5. The van der Waals surface area contributed by atoms with Gasteiger partial charge in [-0.05, 0) is 42.0 Å². The van der Waals surface area contributed by atoms with Crippen molar-refractivity contribution < 1.29 is 37.2 Å². The fourth-order valence-electron chi connectivity index (χ4n) is 3.79. The lowest BCUT2D eigenvalue weighted by Gasteiger charge is -2.25. The molecule has 1 amide bonds. The van der Waals surface area contributed by atoms with E-state index >= 15 is 0 Å². The molecule has 11 heteroatoms. The minimum absolute atomic E-state index is 0.0764. The highest BCUT2D eigenvalue weighted by molar-refractivity contribution is 6.51. The van der Waals surface area contributed by atoms with Crippen molar-refractivity contribution in [3.8, 4) is 0 Å². The van der Waals surface area contributed by atoms with Crippen molar-refractivity contribution in [1.82, 2.24) is 0 Å². The Morgan fingerprint density at radius 3 is 2.17 bits per heavy atom. The number of aliphatic hydroxyl groups excluding tert-OH is 1. The van der Waals surface area contributed by atoms with Gasteiger partial charge in [-0.1, -0.05) is 24.3 Å². The summed E-state index contributed by atoms with van der Waals surface area (Å²) >= 11 is 0. The lowest BCUT2D eigenvalue weighted by Crippen LogP contribution is -2.29. The Labute approximate surface area is 194 Å². The molecule has 4 rings (SSSR count). The topological polar surface area (TPSA) is 101 Å². The first-order valence-electron chi connectivity index (χ1n) is 9.97. The monoisotopic (exact) mass is 486 g/mol. The van der Waals surface area contributed by atoms with Crippen molar-refractivity contribution in [2.45, 2.75) is 12.2 Å². The SMILES string of the molecule is O=C1C(=O)N(c2ccc(C(F)(F)F)cc2)C(c2ccc(F)cc2)/C1=C(/O)c1cccc([N+](=O)[O-])c1. The second kappa shape index (κ2) is 8.67. The summed E-state index contributed by atoms with van der Waals surface area (Å²) in [5.41, 5.74) is -1.85. The average molecular weight is 486 g/mol. The Hall–Kier alpha value is -4.54. The van der Waals surface area contributed by atoms with Gasteiger partial charge in [0, 0.05) is 23.4 Å². The van der Waals surface area contributed by atoms with Crippen LogP contribution in [0.2, 0.25) is 0 Å². The molecule has 1 unspecified atom stereocenters. The van der Waals surface area contributed by atoms with E-state index in [1.54, 1.807) is 0 Å². The van der Waals surface area contributed by atoms with Crippen LogP contribution in [-0.2, 0) is 15.8 Å². The zero-order chi connectivity index (χ0) is 25.5. The third-order valence-electron chi connectivity index (χ3n) is 5.43. The number of carbonyl (C=O) groups is 2. The van der Waals surface area contributed by atoms with E-state index in [-0.39, 0.29) is 22.5 Å². The van der Waals surface area contributed by atoms with Gasteiger partial charge in [-0.2, -0.15) is 13.2 Å². The molecule has 3 aromatic rings. The number of alkyl halides is 3. The highest BCUT2D eigenvalue weighted by Gasteiger charge is 2.47. The summed E-state index contributed by atoms with van der Waals surface area (Å²) in [5.74, 6) is -3.66. The molecular weight excluding hydrogens is 472 g/mol. The van der Waals surface area contributed by atoms with Gasteiger partial charge in [0.15, 0.2) is 0 Å². The Bertz CT molecular complexity index is 1370. The van der Waals surface area contributed by atoms with Gasteiger partial charge < -0.3 is 5.11 Å². The number of nitrogens with zero attached hydrogens (tertiary/aromatic N) is 2. The normalized spacial score (nSPS) is 17.6. The molecule has 178 valence electrons. The van der Waals surface area contributed by atoms with E-state index in [1.807, 2.05) is 0 Å². The molecule has 0 saturated carbocycles. The maximum Gasteiger partial charge on any atom is 0.416 e. The number of hydrogen-bond acceptors (Lipinski definition) is 5. The first kappa shape index (κ1) is 23.6. The van der Waals surface area contributed by atoms with E-state index in [0.29, 0.717) is 0 Å². The van der Waals surface area contributed by atoms with Crippen LogP contribution in [0.4, 0.5) is 28.9 Å². The quantitative estimate of drug-likeness (QED) is 0.133. The van der Waals surface area contributed by atoms with Gasteiger partial charge in [0.1, 0.15) is 11.6 Å². The number of amides is 1. The molecule has 0 radical (unpaired) electrons. The maximum atomic E-state index is 13.6. The number of ketones is 1. The maximum absolute atomic E-state index is 13.6. The molecular formula is C24H14F4N2O5. The van der Waals surface area contributed by atoms with Crippen LogP contribution in [0.3, 0.4) is 0 Å². The largest absolute Gasteiger partial charge is 0.507 e. The van der Waals surface area contributed by atoms with Gasteiger partial charge in [-0.3, -0.25) is 24.6 Å². The van der Waals surface area contributed by atoms with Crippen LogP contribution in [0.1, 0.15) is 22.7 Å². The number of nitro groups is 1. The highest BCUT2D eigenvalue weighted by atomic mass is 19.4. The van der Waals surface area contributed by atoms with Crippen LogP contribution in [0.5, 0.6) is 0 Å². The molecule has 1 saturated heterocycles. The molecule has 0 aromatic heterocycles. The van der Waals surface area contributed by atoms with Crippen LogP contribution in [0, 0.1) is 15.9 Å². The van der Waals surface area contributed by atoms with Crippen LogP contribution >= 0.6 is 0 Å². The fraction of sp³-hybridized carbons (Fsp3) is 0.0833. The molecule has 1 heterocycles. The summed E-state index contributed by atoms with van der Waals surface area (Å²) < 4.78 is 52.6. The number of halogens is 4. The standard InChI is InChI=1S/C24H14F4N2O5/c25-16-8-4-13(5-9-16)20-19(21(31)14-2-1-3-18(12-14)30(34)35)22(32)23(33)29(20)17-10-6-15(7-11-17)24(26,27)28/h1-12,20,31H/b21-19-. The third-order valence-corrected chi connectivity index (χ3v) is 5.43. The second-order valence-corrected chi connectivity index (χ2v) is 7.57. The zero-order valence-corrected chi connectivity index (χ0v) is 17.5. The Balaban J connectivity index is 1.91. The van der Waals surface area contributed by atoms with Crippen LogP contribution in [-0.4, -0.2) is 21.7 Å². The summed E-state index contributed by atoms with van der Waals surface area (Å²) in [4.78, 5) is 37.3. The summed E-state index contributed by atoms with van der Waals surface area (Å²) in [6.07, 6.45) is -4.63. The van der Waals surface area contributed by atoms with Gasteiger partial charge in [0.25, 0.3) is 17.4 Å². The van der Waals surface area contributed by atoms with Crippen molar-refractivity contribution in [3.63, 3.8) is 0 Å². The van der Waals surface area contributed by atoms with Crippen LogP contribution in [0.25, 0.3) is 5.76 Å². The van der Waals surface area contributed by atoms with Gasteiger partial charge in [0.05, 0.1) is 22.1 Å². The van der Waals surface area contributed by atoms with Crippen LogP contribution < -0.4 is 4.90 Å². The predicted molar refractivity (Wildman–Crippen MR) is 116 cm³/mol. The number of Topliss-reactive ketones (excluding diaryl/α,β-unsaturated/α-hetero) is 1. The number of carbonyl (C=O) groups excluding carboxylic acids is 2. The number of hydrogen-bond donors (Lipinski definition) is 1. The van der Waals surface area contributed by atoms with Gasteiger partial charge in [-0.25, -0.2) is 4.39 Å². The van der Waals surface area contributed by atoms with E-state index in [0.717, 1.165) is 53.4 Å².